The van der Waals surface area contributed by atoms with Gasteiger partial charge in [0.2, 0.25) is 0 Å². The van der Waals surface area contributed by atoms with E-state index in [-0.39, 0.29) is 11.5 Å². The summed E-state index contributed by atoms with van der Waals surface area (Å²) in [5.74, 6) is 0.677. The molecule has 0 radical (unpaired) electrons. The molecule has 0 aliphatic carbocycles. The van der Waals surface area contributed by atoms with E-state index in [9.17, 15) is 5.26 Å². The Balaban J connectivity index is 1.69. The SMILES string of the molecule is N#CC1(CC2CCOCC2)CC2CCC1O2. The van der Waals surface area contributed by atoms with Crippen molar-refractivity contribution in [3.63, 3.8) is 0 Å². The zero-order chi connectivity index (χ0) is 11.0. The van der Waals surface area contributed by atoms with Crippen molar-refractivity contribution in [2.75, 3.05) is 13.2 Å². The van der Waals surface area contributed by atoms with Gasteiger partial charge in [-0.25, -0.2) is 0 Å². The summed E-state index contributed by atoms with van der Waals surface area (Å²) < 4.78 is 11.2. The Hall–Kier alpha value is -0.590. The average Bonchev–Trinajstić information content (AvgIpc) is 2.91. The Labute approximate surface area is 96.7 Å². The molecule has 3 heteroatoms. The van der Waals surface area contributed by atoms with Crippen LogP contribution < -0.4 is 0 Å². The largest absolute Gasteiger partial charge is 0.381 e. The van der Waals surface area contributed by atoms with Crippen LogP contribution in [-0.2, 0) is 9.47 Å². The summed E-state index contributed by atoms with van der Waals surface area (Å²) >= 11 is 0. The lowest BCUT2D eigenvalue weighted by Crippen LogP contribution is -2.34. The van der Waals surface area contributed by atoms with Crippen molar-refractivity contribution in [1.29, 1.82) is 5.26 Å². The molecular weight excluding hydrogens is 202 g/mol. The molecule has 3 fully saturated rings. The zero-order valence-electron chi connectivity index (χ0n) is 9.65. The quantitative estimate of drug-likeness (QED) is 0.718. The lowest BCUT2D eigenvalue weighted by Gasteiger charge is -2.33. The van der Waals surface area contributed by atoms with Crippen LogP contribution in [0, 0.1) is 22.7 Å². The molecule has 3 atom stereocenters. The van der Waals surface area contributed by atoms with Gasteiger partial charge in [-0.3, -0.25) is 0 Å². The normalized spacial score (nSPS) is 43.4. The Bertz CT molecular complexity index is 306. The fourth-order valence-electron chi connectivity index (χ4n) is 3.64. The van der Waals surface area contributed by atoms with Crippen LogP contribution in [0.5, 0.6) is 0 Å². The van der Waals surface area contributed by atoms with E-state index in [1.54, 1.807) is 0 Å². The summed E-state index contributed by atoms with van der Waals surface area (Å²) in [6.45, 7) is 1.75. The van der Waals surface area contributed by atoms with Crippen molar-refractivity contribution in [2.45, 2.75) is 50.7 Å². The molecule has 3 heterocycles. The number of ether oxygens (including phenoxy) is 2. The van der Waals surface area contributed by atoms with E-state index in [0.29, 0.717) is 12.0 Å². The molecule has 0 aromatic carbocycles. The molecule has 16 heavy (non-hydrogen) atoms. The average molecular weight is 221 g/mol. The van der Waals surface area contributed by atoms with Crippen LogP contribution in [0.2, 0.25) is 0 Å². The van der Waals surface area contributed by atoms with Crippen LogP contribution in [0.15, 0.2) is 0 Å². The van der Waals surface area contributed by atoms with Gasteiger partial charge >= 0.3 is 0 Å². The number of fused-ring (bicyclic) bond motifs is 2. The highest BCUT2D eigenvalue weighted by Gasteiger charge is 2.53. The molecule has 3 rings (SSSR count). The van der Waals surface area contributed by atoms with Gasteiger partial charge in [0, 0.05) is 13.2 Å². The molecule has 3 aliphatic rings. The summed E-state index contributed by atoms with van der Waals surface area (Å²) in [4.78, 5) is 0. The van der Waals surface area contributed by atoms with Crippen LogP contribution in [0.3, 0.4) is 0 Å². The van der Waals surface area contributed by atoms with Crippen LogP contribution >= 0.6 is 0 Å². The minimum Gasteiger partial charge on any atom is -0.381 e. The second-order valence-corrected chi connectivity index (χ2v) is 5.56. The first kappa shape index (κ1) is 10.6. The fourth-order valence-corrected chi connectivity index (χ4v) is 3.64. The molecule has 3 saturated heterocycles. The van der Waals surface area contributed by atoms with Gasteiger partial charge in [0.1, 0.15) is 0 Å². The maximum absolute atomic E-state index is 9.51. The van der Waals surface area contributed by atoms with Gasteiger partial charge in [0.15, 0.2) is 0 Å². The predicted octanol–water partition coefficient (Wildman–Crippen LogP) is 2.26. The van der Waals surface area contributed by atoms with Gasteiger partial charge in [-0.2, -0.15) is 5.26 Å². The summed E-state index contributed by atoms with van der Waals surface area (Å²) in [7, 11) is 0. The van der Waals surface area contributed by atoms with Crippen LogP contribution in [0.25, 0.3) is 0 Å². The summed E-state index contributed by atoms with van der Waals surface area (Å²) in [5, 5.41) is 9.51. The molecule has 0 N–H and O–H groups in total. The van der Waals surface area contributed by atoms with Gasteiger partial charge in [-0.1, -0.05) is 0 Å². The minimum absolute atomic E-state index is 0.162. The van der Waals surface area contributed by atoms with E-state index in [2.05, 4.69) is 6.07 Å². The maximum atomic E-state index is 9.51. The van der Waals surface area contributed by atoms with Crippen molar-refractivity contribution in [3.05, 3.63) is 0 Å². The zero-order valence-corrected chi connectivity index (χ0v) is 9.65. The highest BCUT2D eigenvalue weighted by molar-refractivity contribution is 5.12. The molecule has 2 bridgehead atoms. The van der Waals surface area contributed by atoms with E-state index >= 15 is 0 Å². The molecule has 0 saturated carbocycles. The van der Waals surface area contributed by atoms with Gasteiger partial charge in [0.25, 0.3) is 0 Å². The van der Waals surface area contributed by atoms with E-state index in [1.807, 2.05) is 0 Å². The third kappa shape index (κ3) is 1.65. The number of nitriles is 1. The van der Waals surface area contributed by atoms with Crippen molar-refractivity contribution in [3.8, 4) is 6.07 Å². The molecule has 88 valence electrons. The molecule has 3 unspecified atom stereocenters. The van der Waals surface area contributed by atoms with Crippen LogP contribution in [-0.4, -0.2) is 25.4 Å². The van der Waals surface area contributed by atoms with Crippen LogP contribution in [0.1, 0.15) is 38.5 Å². The van der Waals surface area contributed by atoms with Crippen molar-refractivity contribution < 1.29 is 9.47 Å². The first-order valence-electron chi connectivity index (χ1n) is 6.47. The molecule has 0 spiro atoms. The van der Waals surface area contributed by atoms with E-state index in [4.69, 9.17) is 9.47 Å². The molecule has 0 amide bonds. The minimum atomic E-state index is -0.162. The Morgan fingerprint density at radius 1 is 1.19 bits per heavy atom. The lowest BCUT2D eigenvalue weighted by atomic mass is 9.69. The Morgan fingerprint density at radius 3 is 2.56 bits per heavy atom. The third-order valence-corrected chi connectivity index (χ3v) is 4.53. The van der Waals surface area contributed by atoms with Gasteiger partial charge < -0.3 is 9.47 Å². The standard InChI is InChI=1S/C13H19NO2/c14-9-13(7-10-3-5-15-6-4-10)8-11-1-2-12(13)16-11/h10-12H,1-8H2. The second kappa shape index (κ2) is 4.01. The van der Waals surface area contributed by atoms with Gasteiger partial charge in [-0.15, -0.1) is 0 Å². The maximum Gasteiger partial charge on any atom is 0.0862 e. The van der Waals surface area contributed by atoms with E-state index < -0.39 is 0 Å². The topological polar surface area (TPSA) is 42.2 Å². The number of rotatable bonds is 2. The number of hydrogen-bond donors (Lipinski definition) is 0. The molecule has 0 aromatic heterocycles. The van der Waals surface area contributed by atoms with Crippen LogP contribution in [0.4, 0.5) is 0 Å². The smallest absolute Gasteiger partial charge is 0.0862 e. The number of nitrogens with zero attached hydrogens (tertiary/aromatic N) is 1. The second-order valence-electron chi connectivity index (χ2n) is 5.56. The molecular formula is C13H19NO2. The van der Waals surface area contributed by atoms with E-state index in [0.717, 1.165) is 45.3 Å². The molecule has 0 aromatic rings. The highest BCUT2D eigenvalue weighted by atomic mass is 16.5. The third-order valence-electron chi connectivity index (χ3n) is 4.53. The van der Waals surface area contributed by atoms with Gasteiger partial charge in [0.05, 0.1) is 23.7 Å². The number of hydrogen-bond acceptors (Lipinski definition) is 3. The Morgan fingerprint density at radius 2 is 2.00 bits per heavy atom. The van der Waals surface area contributed by atoms with Crippen molar-refractivity contribution in [2.24, 2.45) is 11.3 Å². The van der Waals surface area contributed by atoms with Crippen molar-refractivity contribution >= 4 is 0 Å². The molecule has 3 nitrogen and oxygen atoms in total. The summed E-state index contributed by atoms with van der Waals surface area (Å²) in [6.07, 6.45) is 7.14. The van der Waals surface area contributed by atoms with Gasteiger partial charge in [-0.05, 0) is 44.4 Å². The lowest BCUT2D eigenvalue weighted by molar-refractivity contribution is 0.0352. The fraction of sp³-hybridized carbons (Fsp3) is 0.923. The molecule has 3 aliphatic heterocycles. The van der Waals surface area contributed by atoms with E-state index in [1.165, 1.54) is 6.42 Å². The highest BCUT2D eigenvalue weighted by Crippen LogP contribution is 2.51. The summed E-state index contributed by atoms with van der Waals surface area (Å²) in [5.41, 5.74) is -0.162. The monoisotopic (exact) mass is 221 g/mol. The first-order chi connectivity index (χ1) is 7.82. The summed E-state index contributed by atoms with van der Waals surface area (Å²) in [6, 6.07) is 2.59. The predicted molar refractivity (Wildman–Crippen MR) is 58.7 cm³/mol. The Kier molecular flexibility index (Phi) is 2.65. The van der Waals surface area contributed by atoms with Crippen molar-refractivity contribution in [1.82, 2.24) is 0 Å². The first-order valence-corrected chi connectivity index (χ1v) is 6.47.